The fraction of sp³-hybridized carbons (Fsp3) is 0. The summed E-state index contributed by atoms with van der Waals surface area (Å²) < 4.78 is 8.75. The summed E-state index contributed by atoms with van der Waals surface area (Å²) in [5.41, 5.74) is 11.0. The SMILES string of the molecule is c1ccc(N(c2ccccc2)c2ccc(-c3cccc4c5c6c(ccc7ccccc76)ccc5n(-c5ccc6oc7ccccc7c6c5)c34)cc2)cc1. The highest BCUT2D eigenvalue weighted by Crippen LogP contribution is 2.44. The van der Waals surface area contributed by atoms with Gasteiger partial charge in [0.2, 0.25) is 0 Å². The van der Waals surface area contributed by atoms with Crippen LogP contribution in [0.25, 0.3) is 82.1 Å². The number of aromatic nitrogens is 1. The predicted octanol–water partition coefficient (Wildman–Crippen LogP) is 14.1. The molecule has 0 aliphatic carbocycles. The largest absolute Gasteiger partial charge is 0.456 e. The lowest BCUT2D eigenvalue weighted by atomic mass is 9.96. The number of hydrogen-bond donors (Lipinski definition) is 0. The third kappa shape index (κ3) is 4.61. The smallest absolute Gasteiger partial charge is 0.135 e. The summed E-state index contributed by atoms with van der Waals surface area (Å²) >= 11 is 0. The minimum Gasteiger partial charge on any atom is -0.456 e. The third-order valence-electron chi connectivity index (χ3n) is 10.7. The summed E-state index contributed by atoms with van der Waals surface area (Å²) in [6.45, 7) is 0. The van der Waals surface area contributed by atoms with Crippen molar-refractivity contribution >= 4 is 82.4 Å². The Labute approximate surface area is 306 Å². The van der Waals surface area contributed by atoms with Gasteiger partial charge in [-0.15, -0.1) is 0 Å². The summed E-state index contributed by atoms with van der Waals surface area (Å²) in [4.78, 5) is 2.31. The highest BCUT2D eigenvalue weighted by Gasteiger charge is 2.21. The van der Waals surface area contributed by atoms with Gasteiger partial charge in [0.25, 0.3) is 0 Å². The molecule has 11 rings (SSSR count). The lowest BCUT2D eigenvalue weighted by Crippen LogP contribution is -2.09. The molecule has 0 fully saturated rings. The number of furan rings is 1. The van der Waals surface area contributed by atoms with Crippen molar-refractivity contribution in [3.63, 3.8) is 0 Å². The molecule has 0 unspecified atom stereocenters. The molecule has 0 atom stereocenters. The quantitative estimate of drug-likeness (QED) is 0.169. The number of rotatable bonds is 5. The van der Waals surface area contributed by atoms with E-state index in [0.717, 1.165) is 50.3 Å². The van der Waals surface area contributed by atoms with Crippen LogP contribution >= 0.6 is 0 Å². The standard InChI is InChI=1S/C50H32N2O/c1-3-13-36(14-4-1)51(37-15-5-2-6-16-37)38-27-24-34(25-28-38)41-19-11-20-43-49-45(30-26-35-23-22-33-12-7-8-17-40(33)48(35)49)52(50(41)43)39-29-31-47-44(32-39)42-18-9-10-21-46(42)53-47/h1-32H. The van der Waals surface area contributed by atoms with Crippen molar-refractivity contribution in [3.05, 3.63) is 194 Å². The number of nitrogens with zero attached hydrogens (tertiary/aromatic N) is 2. The second-order valence-electron chi connectivity index (χ2n) is 13.7. The van der Waals surface area contributed by atoms with Gasteiger partial charge in [-0.3, -0.25) is 0 Å². The number of anilines is 3. The zero-order valence-corrected chi connectivity index (χ0v) is 28.8. The number of benzene rings is 9. The molecule has 0 amide bonds. The van der Waals surface area contributed by atoms with Crippen LogP contribution < -0.4 is 4.90 Å². The first-order valence-corrected chi connectivity index (χ1v) is 18.1. The average Bonchev–Trinajstić information content (AvgIpc) is 3.77. The van der Waals surface area contributed by atoms with Crippen LogP contribution in [0.4, 0.5) is 17.1 Å². The van der Waals surface area contributed by atoms with Crippen LogP contribution in [-0.2, 0) is 0 Å². The molecule has 3 nitrogen and oxygen atoms in total. The van der Waals surface area contributed by atoms with Crippen LogP contribution in [0.5, 0.6) is 0 Å². The first-order chi connectivity index (χ1) is 26.3. The summed E-state index contributed by atoms with van der Waals surface area (Å²) in [6, 6.07) is 69.7. The Kier molecular flexibility index (Phi) is 6.55. The first kappa shape index (κ1) is 29.6. The molecule has 9 aromatic carbocycles. The summed E-state index contributed by atoms with van der Waals surface area (Å²) in [5, 5.41) is 9.77. The Morgan fingerprint density at radius 2 is 1.02 bits per heavy atom. The molecular formula is C50H32N2O. The molecule has 3 heteroatoms. The Bertz CT molecular complexity index is 3120. The minimum absolute atomic E-state index is 0.893. The van der Waals surface area contributed by atoms with E-state index >= 15 is 0 Å². The van der Waals surface area contributed by atoms with Crippen molar-refractivity contribution in [2.24, 2.45) is 0 Å². The van der Waals surface area contributed by atoms with Gasteiger partial charge < -0.3 is 13.9 Å². The normalized spacial score (nSPS) is 11.8. The van der Waals surface area contributed by atoms with Gasteiger partial charge in [0.1, 0.15) is 11.2 Å². The number of fused-ring (bicyclic) bond motifs is 10. The fourth-order valence-corrected chi connectivity index (χ4v) is 8.40. The molecule has 0 bridgehead atoms. The van der Waals surface area contributed by atoms with Crippen LogP contribution in [0.2, 0.25) is 0 Å². The molecular weight excluding hydrogens is 645 g/mol. The maximum absolute atomic E-state index is 6.28. The van der Waals surface area contributed by atoms with Gasteiger partial charge in [0.15, 0.2) is 0 Å². The fourth-order valence-electron chi connectivity index (χ4n) is 8.40. The molecule has 2 aromatic heterocycles. The van der Waals surface area contributed by atoms with Gasteiger partial charge in [-0.2, -0.15) is 0 Å². The Balaban J connectivity index is 1.19. The molecule has 0 radical (unpaired) electrons. The Morgan fingerprint density at radius 3 is 1.81 bits per heavy atom. The van der Waals surface area contributed by atoms with Gasteiger partial charge in [-0.1, -0.05) is 127 Å². The summed E-state index contributed by atoms with van der Waals surface area (Å²) in [5.74, 6) is 0. The zero-order valence-electron chi connectivity index (χ0n) is 28.8. The first-order valence-electron chi connectivity index (χ1n) is 18.1. The lowest BCUT2D eigenvalue weighted by Gasteiger charge is -2.25. The van der Waals surface area contributed by atoms with Crippen LogP contribution in [0.3, 0.4) is 0 Å². The van der Waals surface area contributed by atoms with Crippen molar-refractivity contribution < 1.29 is 4.42 Å². The zero-order chi connectivity index (χ0) is 34.9. The van der Waals surface area contributed by atoms with E-state index in [4.69, 9.17) is 4.42 Å². The molecule has 53 heavy (non-hydrogen) atoms. The van der Waals surface area contributed by atoms with Crippen molar-refractivity contribution in [1.82, 2.24) is 4.57 Å². The van der Waals surface area contributed by atoms with Crippen LogP contribution in [-0.4, -0.2) is 4.57 Å². The molecule has 0 saturated carbocycles. The van der Waals surface area contributed by atoms with E-state index in [2.05, 4.69) is 191 Å². The maximum Gasteiger partial charge on any atom is 0.135 e. The molecule has 0 saturated heterocycles. The minimum atomic E-state index is 0.893. The van der Waals surface area contributed by atoms with Crippen LogP contribution in [0, 0.1) is 0 Å². The lowest BCUT2D eigenvalue weighted by molar-refractivity contribution is 0.669. The second-order valence-corrected chi connectivity index (χ2v) is 13.7. The number of hydrogen-bond acceptors (Lipinski definition) is 2. The van der Waals surface area contributed by atoms with E-state index in [1.54, 1.807) is 0 Å². The van der Waals surface area contributed by atoms with E-state index in [-0.39, 0.29) is 0 Å². The number of para-hydroxylation sites is 4. The van der Waals surface area contributed by atoms with E-state index < -0.39 is 0 Å². The molecule has 0 N–H and O–H groups in total. The van der Waals surface area contributed by atoms with E-state index in [0.29, 0.717) is 0 Å². The van der Waals surface area contributed by atoms with Gasteiger partial charge in [-0.05, 0) is 93.8 Å². The van der Waals surface area contributed by atoms with Crippen molar-refractivity contribution in [2.75, 3.05) is 4.90 Å². The van der Waals surface area contributed by atoms with Gasteiger partial charge in [0, 0.05) is 49.9 Å². The van der Waals surface area contributed by atoms with Crippen LogP contribution in [0.1, 0.15) is 0 Å². The molecule has 0 spiro atoms. The molecule has 0 aliphatic heterocycles. The monoisotopic (exact) mass is 676 g/mol. The molecule has 11 aromatic rings. The topological polar surface area (TPSA) is 21.3 Å². The average molecular weight is 677 g/mol. The van der Waals surface area contributed by atoms with Crippen molar-refractivity contribution in [1.29, 1.82) is 0 Å². The predicted molar refractivity (Wildman–Crippen MR) is 223 cm³/mol. The summed E-state index contributed by atoms with van der Waals surface area (Å²) in [7, 11) is 0. The molecule has 248 valence electrons. The van der Waals surface area contributed by atoms with Gasteiger partial charge in [0.05, 0.1) is 11.0 Å². The highest BCUT2D eigenvalue weighted by molar-refractivity contribution is 6.29. The maximum atomic E-state index is 6.28. The van der Waals surface area contributed by atoms with Gasteiger partial charge >= 0.3 is 0 Å². The molecule has 2 heterocycles. The Morgan fingerprint density at radius 1 is 0.396 bits per heavy atom. The second kappa shape index (κ2) is 11.7. The third-order valence-corrected chi connectivity index (χ3v) is 10.7. The van der Waals surface area contributed by atoms with Crippen LogP contribution in [0.15, 0.2) is 199 Å². The summed E-state index contributed by atoms with van der Waals surface area (Å²) in [6.07, 6.45) is 0. The Hall–Kier alpha value is -7.10. The van der Waals surface area contributed by atoms with E-state index in [1.807, 2.05) is 12.1 Å². The van der Waals surface area contributed by atoms with E-state index in [9.17, 15) is 0 Å². The van der Waals surface area contributed by atoms with Crippen molar-refractivity contribution in [2.45, 2.75) is 0 Å². The van der Waals surface area contributed by atoms with E-state index in [1.165, 1.54) is 48.9 Å². The highest BCUT2D eigenvalue weighted by atomic mass is 16.3. The van der Waals surface area contributed by atoms with Crippen molar-refractivity contribution in [3.8, 4) is 16.8 Å². The molecule has 0 aliphatic rings. The van der Waals surface area contributed by atoms with Gasteiger partial charge in [-0.25, -0.2) is 0 Å².